The highest BCUT2D eigenvalue weighted by Gasteiger charge is 2.25. The first-order chi connectivity index (χ1) is 11.9. The van der Waals surface area contributed by atoms with Crippen molar-refractivity contribution >= 4 is 11.3 Å². The molecule has 0 aliphatic carbocycles. The molecule has 1 saturated heterocycles. The first kappa shape index (κ1) is 15.5. The van der Waals surface area contributed by atoms with E-state index in [9.17, 15) is 0 Å². The van der Waals surface area contributed by atoms with E-state index in [1.165, 1.54) is 24.8 Å². The maximum absolute atomic E-state index is 5.40. The monoisotopic (exact) mass is 339 g/mol. The normalized spacial score (nSPS) is 18.2. The number of thiophene rings is 1. The molecule has 1 unspecified atom stereocenters. The summed E-state index contributed by atoms with van der Waals surface area (Å²) in [5.41, 5.74) is 2.43. The molecule has 124 valence electrons. The zero-order valence-electron chi connectivity index (χ0n) is 13.6. The third kappa shape index (κ3) is 3.57. The Morgan fingerprint density at radius 2 is 2.12 bits per heavy atom. The topological polar surface area (TPSA) is 42.2 Å². The Balaban J connectivity index is 1.37. The maximum Gasteiger partial charge on any atom is 0.258 e. The minimum atomic E-state index is 0.619. The van der Waals surface area contributed by atoms with Gasteiger partial charge in [0.1, 0.15) is 0 Å². The van der Waals surface area contributed by atoms with Crippen molar-refractivity contribution in [1.29, 1.82) is 0 Å². The van der Waals surface area contributed by atoms with Gasteiger partial charge in [0.25, 0.3) is 5.89 Å². The van der Waals surface area contributed by atoms with Crippen LogP contribution in [-0.2, 0) is 13.0 Å². The molecule has 0 N–H and O–H groups in total. The fraction of sp³-hybridized carbons (Fsp3) is 0.368. The second kappa shape index (κ2) is 7.28. The zero-order valence-corrected chi connectivity index (χ0v) is 14.4. The highest BCUT2D eigenvalue weighted by atomic mass is 32.1. The Morgan fingerprint density at radius 3 is 2.96 bits per heavy atom. The van der Waals surface area contributed by atoms with E-state index < -0.39 is 0 Å². The van der Waals surface area contributed by atoms with E-state index in [1.807, 2.05) is 16.8 Å². The molecular weight excluding hydrogens is 318 g/mol. The molecule has 5 heteroatoms. The fourth-order valence-corrected chi connectivity index (χ4v) is 4.04. The van der Waals surface area contributed by atoms with Gasteiger partial charge in [-0.15, -0.1) is 0 Å². The van der Waals surface area contributed by atoms with E-state index in [0.717, 1.165) is 30.9 Å². The van der Waals surface area contributed by atoms with Crippen LogP contribution in [0.4, 0.5) is 0 Å². The summed E-state index contributed by atoms with van der Waals surface area (Å²) < 4.78 is 5.40. The van der Waals surface area contributed by atoms with Crippen LogP contribution in [-0.4, -0.2) is 27.6 Å². The molecule has 1 atom stereocenters. The van der Waals surface area contributed by atoms with E-state index in [2.05, 4.69) is 45.4 Å². The van der Waals surface area contributed by atoms with E-state index in [4.69, 9.17) is 4.52 Å². The third-order valence-corrected chi connectivity index (χ3v) is 5.37. The standard InChI is InChI=1S/C19H21N3OS/c1-2-5-15(6-3-1)8-9-17-7-4-11-22(17)13-18-20-19(23-21-18)16-10-12-24-14-16/h1-3,5-6,10,12,14,17H,4,7-9,11,13H2. The number of benzene rings is 1. The lowest BCUT2D eigenvalue weighted by atomic mass is 10.0. The van der Waals surface area contributed by atoms with Crippen molar-refractivity contribution in [2.75, 3.05) is 6.54 Å². The molecule has 1 fully saturated rings. The Morgan fingerprint density at radius 1 is 1.21 bits per heavy atom. The number of aromatic nitrogens is 2. The molecule has 4 nitrogen and oxygen atoms in total. The van der Waals surface area contributed by atoms with Crippen LogP contribution in [0.25, 0.3) is 11.5 Å². The number of hydrogen-bond acceptors (Lipinski definition) is 5. The molecule has 0 saturated carbocycles. The summed E-state index contributed by atoms with van der Waals surface area (Å²) in [5.74, 6) is 1.43. The molecule has 1 aromatic carbocycles. The Hall–Kier alpha value is -1.98. The molecule has 3 heterocycles. The van der Waals surface area contributed by atoms with Crippen LogP contribution >= 0.6 is 11.3 Å². The Labute approximate surface area is 146 Å². The summed E-state index contributed by atoms with van der Waals surface area (Å²) in [4.78, 5) is 7.06. The number of likely N-dealkylation sites (tertiary alicyclic amines) is 1. The number of nitrogens with zero attached hydrogens (tertiary/aromatic N) is 3. The average Bonchev–Trinajstić information content (AvgIpc) is 3.36. The van der Waals surface area contributed by atoms with Crippen molar-refractivity contribution in [2.24, 2.45) is 0 Å². The number of hydrogen-bond donors (Lipinski definition) is 0. The van der Waals surface area contributed by atoms with Gasteiger partial charge in [0.2, 0.25) is 0 Å². The van der Waals surface area contributed by atoms with Gasteiger partial charge >= 0.3 is 0 Å². The Kier molecular flexibility index (Phi) is 4.71. The molecular formula is C19H21N3OS. The molecule has 24 heavy (non-hydrogen) atoms. The van der Waals surface area contributed by atoms with Gasteiger partial charge < -0.3 is 4.52 Å². The molecule has 2 aromatic heterocycles. The summed E-state index contributed by atoms with van der Waals surface area (Å²) in [5, 5.41) is 8.23. The summed E-state index contributed by atoms with van der Waals surface area (Å²) in [6, 6.07) is 13.4. The summed E-state index contributed by atoms with van der Waals surface area (Å²) in [7, 11) is 0. The number of aryl methyl sites for hydroxylation is 1. The summed E-state index contributed by atoms with van der Waals surface area (Å²) >= 11 is 1.64. The Bertz CT molecular complexity index is 754. The lowest BCUT2D eigenvalue weighted by molar-refractivity contribution is 0.226. The van der Waals surface area contributed by atoms with Gasteiger partial charge in [-0.1, -0.05) is 35.5 Å². The number of rotatable bonds is 6. The van der Waals surface area contributed by atoms with Crippen LogP contribution in [0.2, 0.25) is 0 Å². The lowest BCUT2D eigenvalue weighted by Crippen LogP contribution is -2.29. The highest BCUT2D eigenvalue weighted by molar-refractivity contribution is 7.08. The molecule has 0 amide bonds. The van der Waals surface area contributed by atoms with Crippen LogP contribution < -0.4 is 0 Å². The van der Waals surface area contributed by atoms with E-state index >= 15 is 0 Å². The summed E-state index contributed by atoms with van der Waals surface area (Å²) in [6.07, 6.45) is 4.85. The first-order valence-electron chi connectivity index (χ1n) is 8.51. The quantitative estimate of drug-likeness (QED) is 0.668. The molecule has 0 bridgehead atoms. The molecule has 3 aromatic rings. The largest absolute Gasteiger partial charge is 0.334 e. The van der Waals surface area contributed by atoms with Gasteiger partial charge in [-0.3, -0.25) is 4.90 Å². The van der Waals surface area contributed by atoms with Gasteiger partial charge in [-0.25, -0.2) is 0 Å². The molecule has 4 rings (SSSR count). The van der Waals surface area contributed by atoms with Gasteiger partial charge in [0.15, 0.2) is 5.82 Å². The maximum atomic E-state index is 5.40. The highest BCUT2D eigenvalue weighted by Crippen LogP contribution is 2.25. The van der Waals surface area contributed by atoms with Crippen molar-refractivity contribution in [3.05, 3.63) is 58.5 Å². The molecule has 0 radical (unpaired) electrons. The van der Waals surface area contributed by atoms with Crippen molar-refractivity contribution in [3.8, 4) is 11.5 Å². The lowest BCUT2D eigenvalue weighted by Gasteiger charge is -2.22. The second-order valence-corrected chi connectivity index (χ2v) is 7.10. The van der Waals surface area contributed by atoms with Crippen LogP contribution in [0.3, 0.4) is 0 Å². The smallest absolute Gasteiger partial charge is 0.258 e. The van der Waals surface area contributed by atoms with Gasteiger partial charge in [-0.2, -0.15) is 16.3 Å². The minimum absolute atomic E-state index is 0.619. The third-order valence-electron chi connectivity index (χ3n) is 4.69. The van der Waals surface area contributed by atoms with Crippen LogP contribution in [0.15, 0.2) is 51.7 Å². The van der Waals surface area contributed by atoms with E-state index in [1.54, 1.807) is 11.3 Å². The van der Waals surface area contributed by atoms with E-state index in [0.29, 0.717) is 11.9 Å². The summed E-state index contributed by atoms with van der Waals surface area (Å²) in [6.45, 7) is 1.91. The van der Waals surface area contributed by atoms with Crippen LogP contribution in [0, 0.1) is 0 Å². The SMILES string of the molecule is c1ccc(CCC2CCCN2Cc2noc(-c3ccsc3)n2)cc1. The van der Waals surface area contributed by atoms with Crippen molar-refractivity contribution in [1.82, 2.24) is 15.0 Å². The van der Waals surface area contributed by atoms with E-state index in [-0.39, 0.29) is 0 Å². The predicted octanol–water partition coefficient (Wildman–Crippen LogP) is 4.40. The van der Waals surface area contributed by atoms with Crippen molar-refractivity contribution in [2.45, 2.75) is 38.3 Å². The van der Waals surface area contributed by atoms with Crippen molar-refractivity contribution < 1.29 is 4.52 Å². The second-order valence-electron chi connectivity index (χ2n) is 6.32. The average molecular weight is 339 g/mol. The molecule has 0 spiro atoms. The van der Waals surface area contributed by atoms with Crippen molar-refractivity contribution in [3.63, 3.8) is 0 Å². The molecule has 1 aliphatic rings. The van der Waals surface area contributed by atoms with Crippen LogP contribution in [0.1, 0.15) is 30.7 Å². The molecule has 1 aliphatic heterocycles. The van der Waals surface area contributed by atoms with Crippen LogP contribution in [0.5, 0.6) is 0 Å². The zero-order chi connectivity index (χ0) is 16.2. The fourth-order valence-electron chi connectivity index (χ4n) is 3.41. The van der Waals surface area contributed by atoms with Gasteiger partial charge in [0.05, 0.1) is 12.1 Å². The van der Waals surface area contributed by atoms with Gasteiger partial charge in [0, 0.05) is 11.4 Å². The van der Waals surface area contributed by atoms with Gasteiger partial charge in [-0.05, 0) is 49.2 Å². The predicted molar refractivity (Wildman–Crippen MR) is 95.8 cm³/mol. The minimum Gasteiger partial charge on any atom is -0.334 e. The first-order valence-corrected chi connectivity index (χ1v) is 9.46.